The number of aliphatic hydroxyl groups is 1. The molecule has 2 heterocycles. The van der Waals surface area contributed by atoms with Crippen LogP contribution in [-0.4, -0.2) is 60.5 Å². The predicted octanol–water partition coefficient (Wildman–Crippen LogP) is 2.36. The Morgan fingerprint density at radius 2 is 2.17 bits per heavy atom. The minimum Gasteiger partial charge on any atom is -0.389 e. The molecule has 0 amide bonds. The van der Waals surface area contributed by atoms with Gasteiger partial charge >= 0.3 is 0 Å². The Morgan fingerprint density at radius 1 is 1.39 bits per heavy atom. The van der Waals surface area contributed by atoms with Crippen molar-refractivity contribution in [3.8, 4) is 0 Å². The van der Waals surface area contributed by atoms with Gasteiger partial charge in [-0.3, -0.25) is 0 Å². The molecule has 126 valence electrons. The smallest absolute Gasteiger partial charge is 0.0900 e. The molecule has 5 nitrogen and oxygen atoms in total. The molecule has 3 N–H and O–H groups in total. The van der Waals surface area contributed by atoms with Crippen molar-refractivity contribution in [1.29, 1.82) is 0 Å². The van der Waals surface area contributed by atoms with Gasteiger partial charge in [0.25, 0.3) is 0 Å². The van der Waals surface area contributed by atoms with Gasteiger partial charge in [0, 0.05) is 55.1 Å². The van der Waals surface area contributed by atoms with Crippen molar-refractivity contribution in [1.82, 2.24) is 9.88 Å². The van der Waals surface area contributed by atoms with Gasteiger partial charge in [-0.1, -0.05) is 6.07 Å². The number of aromatic nitrogens is 1. The van der Waals surface area contributed by atoms with Gasteiger partial charge in [0.2, 0.25) is 0 Å². The number of aromatic amines is 1. The van der Waals surface area contributed by atoms with Crippen LogP contribution >= 0.6 is 0 Å². The first-order valence-electron chi connectivity index (χ1n) is 8.40. The lowest BCUT2D eigenvalue weighted by Crippen LogP contribution is -2.43. The van der Waals surface area contributed by atoms with Crippen LogP contribution in [0.25, 0.3) is 10.9 Å². The van der Waals surface area contributed by atoms with Crippen molar-refractivity contribution in [3.05, 3.63) is 30.0 Å². The molecule has 0 aliphatic carbocycles. The standard InChI is InChI=1S/C18H27N3O2/c1-13-10-16-17(19-13)4-3-5-18(16)20-14-6-8-21(9-7-14)11-15(22)12-23-2/h3-5,10,14-15,19-20,22H,6-9,11-12H2,1-2H3. The lowest BCUT2D eigenvalue weighted by Gasteiger charge is -2.34. The molecule has 1 atom stereocenters. The average molecular weight is 317 g/mol. The second-order valence-corrected chi connectivity index (χ2v) is 6.55. The fourth-order valence-electron chi connectivity index (χ4n) is 3.44. The first kappa shape index (κ1) is 16.3. The number of piperidine rings is 1. The summed E-state index contributed by atoms with van der Waals surface area (Å²) in [5.74, 6) is 0. The Hall–Kier alpha value is -1.56. The monoisotopic (exact) mass is 317 g/mol. The van der Waals surface area contributed by atoms with Crippen molar-refractivity contribution < 1.29 is 9.84 Å². The zero-order valence-corrected chi connectivity index (χ0v) is 14.0. The van der Waals surface area contributed by atoms with Crippen molar-refractivity contribution in [2.45, 2.75) is 31.9 Å². The molecule has 0 saturated carbocycles. The van der Waals surface area contributed by atoms with Gasteiger partial charge in [-0.2, -0.15) is 0 Å². The van der Waals surface area contributed by atoms with E-state index < -0.39 is 0 Å². The van der Waals surface area contributed by atoms with Crippen LogP contribution in [0.3, 0.4) is 0 Å². The van der Waals surface area contributed by atoms with Crippen molar-refractivity contribution in [3.63, 3.8) is 0 Å². The molecular weight excluding hydrogens is 290 g/mol. The molecule has 5 heteroatoms. The molecule has 2 aromatic rings. The van der Waals surface area contributed by atoms with Gasteiger partial charge in [-0.15, -0.1) is 0 Å². The molecule has 23 heavy (non-hydrogen) atoms. The van der Waals surface area contributed by atoms with Crippen molar-refractivity contribution in [2.24, 2.45) is 0 Å². The van der Waals surface area contributed by atoms with Crippen LogP contribution in [0.1, 0.15) is 18.5 Å². The molecule has 1 saturated heterocycles. The SMILES string of the molecule is COCC(O)CN1CCC(Nc2cccc3[nH]c(C)cc23)CC1. The number of H-pyrrole nitrogens is 1. The number of anilines is 1. The topological polar surface area (TPSA) is 60.5 Å². The summed E-state index contributed by atoms with van der Waals surface area (Å²) in [7, 11) is 1.63. The first-order valence-corrected chi connectivity index (χ1v) is 8.40. The average Bonchev–Trinajstić information content (AvgIpc) is 2.91. The summed E-state index contributed by atoms with van der Waals surface area (Å²) in [6, 6.07) is 9.06. The van der Waals surface area contributed by atoms with E-state index in [1.165, 1.54) is 22.3 Å². The van der Waals surface area contributed by atoms with E-state index in [2.05, 4.69) is 46.4 Å². The summed E-state index contributed by atoms with van der Waals surface area (Å²) in [5.41, 5.74) is 3.59. The number of fused-ring (bicyclic) bond motifs is 1. The van der Waals surface area contributed by atoms with E-state index in [4.69, 9.17) is 4.74 Å². The van der Waals surface area contributed by atoms with Gasteiger partial charge in [-0.25, -0.2) is 0 Å². The highest BCUT2D eigenvalue weighted by atomic mass is 16.5. The van der Waals surface area contributed by atoms with Gasteiger partial charge in [0.05, 0.1) is 12.7 Å². The van der Waals surface area contributed by atoms with Crippen molar-refractivity contribution in [2.75, 3.05) is 38.7 Å². The summed E-state index contributed by atoms with van der Waals surface area (Å²) >= 11 is 0. The van der Waals surface area contributed by atoms with E-state index in [-0.39, 0.29) is 6.10 Å². The number of rotatable bonds is 6. The molecule has 1 unspecified atom stereocenters. The van der Waals surface area contributed by atoms with E-state index in [1.807, 2.05) is 0 Å². The number of hydrogen-bond donors (Lipinski definition) is 3. The van der Waals surface area contributed by atoms with Crippen LogP contribution in [0, 0.1) is 6.92 Å². The van der Waals surface area contributed by atoms with Crippen molar-refractivity contribution >= 4 is 16.6 Å². The molecule has 0 bridgehead atoms. The Kier molecular flexibility index (Phi) is 5.20. The van der Waals surface area contributed by atoms with Gasteiger partial charge in [0.1, 0.15) is 0 Å². The number of aryl methyl sites for hydroxylation is 1. The molecule has 3 rings (SSSR count). The number of nitrogens with zero attached hydrogens (tertiary/aromatic N) is 1. The van der Waals surface area contributed by atoms with Crippen LogP contribution in [0.5, 0.6) is 0 Å². The minimum absolute atomic E-state index is 0.388. The highest BCUT2D eigenvalue weighted by Crippen LogP contribution is 2.26. The zero-order valence-electron chi connectivity index (χ0n) is 14.0. The van der Waals surface area contributed by atoms with E-state index in [0.29, 0.717) is 19.2 Å². The number of nitrogens with one attached hydrogen (secondary N) is 2. The van der Waals surface area contributed by atoms with Gasteiger partial charge < -0.3 is 25.0 Å². The largest absolute Gasteiger partial charge is 0.389 e. The number of β-amino-alcohol motifs (C(OH)–C–C–N with tert-alkyl or cyclic N) is 1. The number of aliphatic hydroxyl groups excluding tert-OH is 1. The Balaban J connectivity index is 1.56. The Morgan fingerprint density at radius 3 is 2.91 bits per heavy atom. The Bertz CT molecular complexity index is 632. The van der Waals surface area contributed by atoms with Crippen LogP contribution < -0.4 is 5.32 Å². The normalized spacial score (nSPS) is 18.4. The van der Waals surface area contributed by atoms with Crippen LogP contribution in [0.15, 0.2) is 24.3 Å². The fourth-order valence-corrected chi connectivity index (χ4v) is 3.44. The summed E-state index contributed by atoms with van der Waals surface area (Å²) in [6.45, 7) is 5.23. The second kappa shape index (κ2) is 7.34. The summed E-state index contributed by atoms with van der Waals surface area (Å²) in [5, 5.41) is 14.8. The number of ether oxygens (including phenoxy) is 1. The van der Waals surface area contributed by atoms with E-state index in [0.717, 1.165) is 25.9 Å². The third kappa shape index (κ3) is 4.05. The summed E-state index contributed by atoms with van der Waals surface area (Å²) in [4.78, 5) is 5.71. The summed E-state index contributed by atoms with van der Waals surface area (Å²) < 4.78 is 5.00. The molecule has 1 aliphatic rings. The minimum atomic E-state index is -0.388. The molecule has 1 aromatic carbocycles. The van der Waals surface area contributed by atoms with Crippen LogP contribution in [0.4, 0.5) is 5.69 Å². The molecule has 0 spiro atoms. The molecule has 1 fully saturated rings. The Labute approximate surface area is 137 Å². The van der Waals surface area contributed by atoms with E-state index >= 15 is 0 Å². The van der Waals surface area contributed by atoms with E-state index in [9.17, 15) is 5.11 Å². The quantitative estimate of drug-likeness (QED) is 0.765. The number of likely N-dealkylation sites (tertiary alicyclic amines) is 1. The maximum absolute atomic E-state index is 9.84. The number of benzene rings is 1. The highest BCUT2D eigenvalue weighted by molar-refractivity contribution is 5.92. The summed E-state index contributed by atoms with van der Waals surface area (Å²) in [6.07, 6.45) is 1.81. The maximum atomic E-state index is 9.84. The molecule has 1 aromatic heterocycles. The number of methoxy groups -OCH3 is 1. The van der Waals surface area contributed by atoms with Crippen LogP contribution in [-0.2, 0) is 4.74 Å². The van der Waals surface area contributed by atoms with Gasteiger partial charge in [0.15, 0.2) is 0 Å². The van der Waals surface area contributed by atoms with Crippen LogP contribution in [0.2, 0.25) is 0 Å². The third-order valence-electron chi connectivity index (χ3n) is 4.57. The maximum Gasteiger partial charge on any atom is 0.0900 e. The fraction of sp³-hybridized carbons (Fsp3) is 0.556. The lowest BCUT2D eigenvalue weighted by atomic mass is 10.0. The lowest BCUT2D eigenvalue weighted by molar-refractivity contribution is 0.0327. The molecule has 1 aliphatic heterocycles. The number of hydrogen-bond acceptors (Lipinski definition) is 4. The molecular formula is C18H27N3O2. The molecule has 0 radical (unpaired) electrons. The van der Waals surface area contributed by atoms with Gasteiger partial charge in [-0.05, 0) is 38.0 Å². The highest BCUT2D eigenvalue weighted by Gasteiger charge is 2.21. The first-order chi connectivity index (χ1) is 11.2. The third-order valence-corrected chi connectivity index (χ3v) is 4.57. The zero-order chi connectivity index (χ0) is 16.2. The second-order valence-electron chi connectivity index (χ2n) is 6.55. The predicted molar refractivity (Wildman–Crippen MR) is 94.0 cm³/mol. The van der Waals surface area contributed by atoms with E-state index in [1.54, 1.807) is 7.11 Å².